The lowest BCUT2D eigenvalue weighted by atomic mass is 9.98. The standard InChI is InChI=1S/C47H56Cl4N6O3/c1-2-3-4-5-6-7-8-9-10-11-12-13-14-15-16-17-22-33-28-42(58)56(46(33)59)35-26-27-37(49)41(31-35)52-45-43(54-53-40-25-20-23-32-21-18-19-24-36(32)40)47(60)57(55-45)44-38(50)29-34(48)30-39(44)51/h18-21,23-27,29-31,33,43,45,52,55H,2-17,22,28H2,1H3/t33-,43-,45-/m0/s1. The molecule has 2 aliphatic rings. The third-order valence-electron chi connectivity index (χ3n) is 11.5. The van der Waals surface area contributed by atoms with E-state index in [1.807, 2.05) is 42.5 Å². The van der Waals surface area contributed by atoms with Crippen LogP contribution in [0.1, 0.15) is 122 Å². The number of fused-ring (bicyclic) bond motifs is 1. The second-order valence-corrected chi connectivity index (χ2v) is 17.7. The van der Waals surface area contributed by atoms with E-state index >= 15 is 0 Å². The summed E-state index contributed by atoms with van der Waals surface area (Å²) in [6, 6.07) is 20.2. The van der Waals surface area contributed by atoms with E-state index in [-0.39, 0.29) is 39.9 Å². The van der Waals surface area contributed by atoms with E-state index in [0.717, 1.165) is 30.0 Å². The molecule has 0 spiro atoms. The number of imide groups is 1. The van der Waals surface area contributed by atoms with Crippen molar-refractivity contribution in [1.82, 2.24) is 5.43 Å². The first-order valence-corrected chi connectivity index (χ1v) is 23.2. The maximum atomic E-state index is 14.1. The molecule has 4 aromatic carbocycles. The first-order chi connectivity index (χ1) is 29.2. The van der Waals surface area contributed by atoms with Crippen molar-refractivity contribution in [2.45, 2.75) is 135 Å². The van der Waals surface area contributed by atoms with Gasteiger partial charge in [-0.1, -0.05) is 192 Å². The summed E-state index contributed by atoms with van der Waals surface area (Å²) < 4.78 is 0. The van der Waals surface area contributed by atoms with E-state index in [1.54, 1.807) is 18.2 Å². The van der Waals surface area contributed by atoms with E-state index in [0.29, 0.717) is 33.5 Å². The van der Waals surface area contributed by atoms with E-state index < -0.39 is 18.1 Å². The highest BCUT2D eigenvalue weighted by Crippen LogP contribution is 2.40. The largest absolute Gasteiger partial charge is 0.365 e. The van der Waals surface area contributed by atoms with Crippen LogP contribution in [0.4, 0.5) is 22.7 Å². The number of rotatable bonds is 23. The van der Waals surface area contributed by atoms with Gasteiger partial charge in [-0.25, -0.2) is 10.4 Å². The molecule has 0 aliphatic carbocycles. The molecule has 4 aromatic rings. The molecule has 0 saturated carbocycles. The summed E-state index contributed by atoms with van der Waals surface area (Å²) in [7, 11) is 0. The number of hydrogen-bond donors (Lipinski definition) is 2. The van der Waals surface area contributed by atoms with Crippen LogP contribution >= 0.6 is 46.4 Å². The van der Waals surface area contributed by atoms with Crippen LogP contribution < -0.4 is 20.7 Å². The highest BCUT2D eigenvalue weighted by Gasteiger charge is 2.44. The Morgan fingerprint density at radius 1 is 0.683 bits per heavy atom. The minimum atomic E-state index is -1.12. The van der Waals surface area contributed by atoms with Gasteiger partial charge < -0.3 is 5.32 Å². The fourth-order valence-corrected chi connectivity index (χ4v) is 9.34. The van der Waals surface area contributed by atoms with Crippen molar-refractivity contribution in [2.75, 3.05) is 15.2 Å². The zero-order chi connectivity index (χ0) is 42.4. The Labute approximate surface area is 374 Å². The zero-order valence-corrected chi connectivity index (χ0v) is 37.4. The Hall–Kier alpha value is -3.73. The Morgan fingerprint density at radius 2 is 1.28 bits per heavy atom. The number of nitrogens with zero attached hydrogens (tertiary/aromatic N) is 4. The lowest BCUT2D eigenvalue weighted by Crippen LogP contribution is -2.42. The summed E-state index contributed by atoms with van der Waals surface area (Å²) in [6.45, 7) is 2.27. The predicted octanol–water partition coefficient (Wildman–Crippen LogP) is 14.4. The molecule has 2 N–H and O–H groups in total. The summed E-state index contributed by atoms with van der Waals surface area (Å²) >= 11 is 26.0. The molecule has 320 valence electrons. The van der Waals surface area contributed by atoms with Gasteiger partial charge in [0.2, 0.25) is 11.8 Å². The number of unbranched alkanes of at least 4 members (excludes halogenated alkanes) is 15. The van der Waals surface area contributed by atoms with E-state index in [9.17, 15) is 14.4 Å². The molecule has 2 heterocycles. The van der Waals surface area contributed by atoms with E-state index in [2.05, 4.69) is 27.9 Å². The van der Waals surface area contributed by atoms with Gasteiger partial charge in [0.25, 0.3) is 5.91 Å². The average Bonchev–Trinajstić information content (AvgIpc) is 3.69. The highest BCUT2D eigenvalue weighted by molar-refractivity contribution is 6.42. The Balaban J connectivity index is 1.05. The second kappa shape index (κ2) is 22.9. The Morgan fingerprint density at radius 3 is 1.93 bits per heavy atom. The van der Waals surface area contributed by atoms with Crippen molar-refractivity contribution >= 4 is 97.6 Å². The molecule has 3 amide bonds. The van der Waals surface area contributed by atoms with Crippen LogP contribution in [0.2, 0.25) is 20.1 Å². The van der Waals surface area contributed by atoms with Crippen LogP contribution in [-0.4, -0.2) is 29.9 Å². The van der Waals surface area contributed by atoms with Crippen molar-refractivity contribution in [1.29, 1.82) is 0 Å². The summed E-state index contributed by atoms with van der Waals surface area (Å²) in [5, 5.41) is 16.3. The highest BCUT2D eigenvalue weighted by atomic mass is 35.5. The molecule has 2 fully saturated rings. The van der Waals surface area contributed by atoms with Crippen LogP contribution in [-0.2, 0) is 14.4 Å². The summed E-state index contributed by atoms with van der Waals surface area (Å²) in [4.78, 5) is 42.4. The van der Waals surface area contributed by atoms with Crippen molar-refractivity contribution in [3.63, 3.8) is 0 Å². The SMILES string of the molecule is CCCCCCCCCCCCCCCCCC[C@H]1CC(=O)N(c2ccc(Cl)c(N[C@H]3NN(c4c(Cl)cc(Cl)cc4Cl)C(=O)[C@H]3N=Nc3cccc4ccccc34)c2)C1=O. The molecule has 0 unspecified atom stereocenters. The van der Waals surface area contributed by atoms with Gasteiger partial charge in [-0.05, 0) is 48.2 Å². The molecule has 60 heavy (non-hydrogen) atoms. The number of carbonyl (C=O) groups excluding carboxylic acids is 3. The maximum absolute atomic E-state index is 14.1. The van der Waals surface area contributed by atoms with Crippen LogP contribution in [0.3, 0.4) is 0 Å². The maximum Gasteiger partial charge on any atom is 0.271 e. The lowest BCUT2D eigenvalue weighted by Gasteiger charge is -2.22. The van der Waals surface area contributed by atoms with Crippen molar-refractivity contribution in [3.8, 4) is 0 Å². The second-order valence-electron chi connectivity index (χ2n) is 16.0. The molecule has 0 radical (unpaired) electrons. The summed E-state index contributed by atoms with van der Waals surface area (Å²) in [6.07, 6.45) is 20.5. The molecule has 9 nitrogen and oxygen atoms in total. The van der Waals surface area contributed by atoms with E-state index in [1.165, 1.54) is 106 Å². The number of anilines is 3. The Bertz CT molecular complexity index is 2100. The molecule has 6 rings (SSSR count). The van der Waals surface area contributed by atoms with Crippen molar-refractivity contribution in [2.24, 2.45) is 16.1 Å². The number of amides is 3. The number of hydrogen-bond acceptors (Lipinski definition) is 7. The fourth-order valence-electron chi connectivity index (χ4n) is 8.18. The summed E-state index contributed by atoms with van der Waals surface area (Å²) in [5.41, 5.74) is 4.69. The molecule has 2 aliphatic heterocycles. The summed E-state index contributed by atoms with van der Waals surface area (Å²) in [5.74, 6) is -1.30. The first kappa shape index (κ1) is 45.8. The minimum Gasteiger partial charge on any atom is -0.365 e. The number of azo groups is 1. The number of carbonyl (C=O) groups is 3. The molecule has 0 aromatic heterocycles. The zero-order valence-electron chi connectivity index (χ0n) is 34.4. The van der Waals surface area contributed by atoms with Gasteiger partial charge in [-0.15, -0.1) is 0 Å². The van der Waals surface area contributed by atoms with Crippen LogP contribution in [0.15, 0.2) is 83.0 Å². The number of nitrogens with one attached hydrogen (secondary N) is 2. The molecular formula is C47H56Cl4N6O3. The lowest BCUT2D eigenvalue weighted by molar-refractivity contribution is -0.122. The smallest absolute Gasteiger partial charge is 0.271 e. The monoisotopic (exact) mass is 892 g/mol. The third kappa shape index (κ3) is 12.0. The van der Waals surface area contributed by atoms with Crippen LogP contribution in [0.25, 0.3) is 10.8 Å². The fraction of sp³-hybridized carbons (Fsp3) is 0.468. The number of benzene rings is 4. The minimum absolute atomic E-state index is 0.152. The number of halogens is 4. The van der Waals surface area contributed by atoms with Gasteiger partial charge in [0.15, 0.2) is 6.04 Å². The quantitative estimate of drug-likeness (QED) is 0.0438. The van der Waals surface area contributed by atoms with Gasteiger partial charge in [0.05, 0.1) is 37.8 Å². The topological polar surface area (TPSA) is 106 Å². The van der Waals surface area contributed by atoms with Crippen LogP contribution in [0, 0.1) is 5.92 Å². The van der Waals surface area contributed by atoms with E-state index in [4.69, 9.17) is 46.4 Å². The molecular weight excluding hydrogens is 838 g/mol. The number of hydrazine groups is 1. The molecule has 0 bridgehead atoms. The van der Waals surface area contributed by atoms with Gasteiger partial charge >= 0.3 is 0 Å². The molecule has 13 heteroatoms. The third-order valence-corrected chi connectivity index (χ3v) is 12.6. The average molecular weight is 895 g/mol. The predicted molar refractivity (Wildman–Crippen MR) is 248 cm³/mol. The van der Waals surface area contributed by atoms with Gasteiger partial charge in [-0.2, -0.15) is 10.2 Å². The van der Waals surface area contributed by atoms with Gasteiger partial charge in [-0.3, -0.25) is 19.3 Å². The first-order valence-electron chi connectivity index (χ1n) is 21.7. The Kier molecular flexibility index (Phi) is 17.5. The van der Waals surface area contributed by atoms with Gasteiger partial charge in [0.1, 0.15) is 6.17 Å². The normalized spacial score (nSPS) is 18.2. The van der Waals surface area contributed by atoms with Crippen LogP contribution in [0.5, 0.6) is 0 Å². The van der Waals surface area contributed by atoms with Crippen molar-refractivity contribution in [3.05, 3.63) is 92.9 Å². The molecule has 3 atom stereocenters. The van der Waals surface area contributed by atoms with Crippen molar-refractivity contribution < 1.29 is 14.4 Å². The molecule has 2 saturated heterocycles. The van der Waals surface area contributed by atoms with Gasteiger partial charge in [0, 0.05) is 22.7 Å².